The van der Waals surface area contributed by atoms with Crippen molar-refractivity contribution < 1.29 is 15.0 Å². The van der Waals surface area contributed by atoms with E-state index in [1.54, 1.807) is 4.90 Å². The highest BCUT2D eigenvalue weighted by Crippen LogP contribution is 2.24. The summed E-state index contributed by atoms with van der Waals surface area (Å²) in [6.45, 7) is 0.647. The second-order valence-electron chi connectivity index (χ2n) is 4.76. The van der Waals surface area contributed by atoms with Gasteiger partial charge in [-0.25, -0.2) is 0 Å². The summed E-state index contributed by atoms with van der Waals surface area (Å²) < 4.78 is 0. The molecule has 104 valence electrons. The van der Waals surface area contributed by atoms with E-state index in [9.17, 15) is 14.7 Å². The van der Waals surface area contributed by atoms with Gasteiger partial charge in [0.2, 0.25) is 0 Å². The van der Waals surface area contributed by atoms with E-state index in [1.807, 2.05) is 0 Å². The van der Waals surface area contributed by atoms with Crippen LogP contribution in [0.4, 0.5) is 0 Å². The number of nitrogens with zero attached hydrogens (tertiary/aromatic N) is 1. The molecule has 1 aliphatic heterocycles. The number of aromatic hydroxyl groups is 1. The van der Waals surface area contributed by atoms with Gasteiger partial charge in [0, 0.05) is 31.5 Å². The van der Waals surface area contributed by atoms with Crippen molar-refractivity contribution in [2.75, 3.05) is 13.2 Å². The Morgan fingerprint density at radius 2 is 2.26 bits per heavy atom. The molecule has 6 nitrogen and oxygen atoms in total. The van der Waals surface area contributed by atoms with Crippen molar-refractivity contribution in [2.45, 2.75) is 31.7 Å². The smallest absolute Gasteiger partial charge is 0.259 e. The molecule has 0 aromatic carbocycles. The lowest BCUT2D eigenvalue weighted by Crippen LogP contribution is -2.44. The van der Waals surface area contributed by atoms with Crippen LogP contribution < -0.4 is 5.56 Å². The number of hydrogen-bond donors (Lipinski definition) is 3. The quantitative estimate of drug-likeness (QED) is 0.740. The Morgan fingerprint density at radius 1 is 1.47 bits per heavy atom. The molecule has 2 rings (SSSR count). The van der Waals surface area contributed by atoms with Crippen LogP contribution >= 0.6 is 0 Å². The van der Waals surface area contributed by atoms with E-state index < -0.39 is 5.56 Å². The lowest BCUT2D eigenvalue weighted by atomic mass is 9.98. The molecule has 2 heterocycles. The molecule has 6 heteroatoms. The Bertz CT molecular complexity index is 510. The predicted octanol–water partition coefficient (Wildman–Crippen LogP) is 0.458. The fourth-order valence-electron chi connectivity index (χ4n) is 2.50. The van der Waals surface area contributed by atoms with E-state index in [1.165, 1.54) is 6.20 Å². The fourth-order valence-corrected chi connectivity index (χ4v) is 2.50. The SMILES string of the molecule is O=C(c1c[nH]c(=O)cc1O)N1CCCCC1CCO. The Labute approximate surface area is 110 Å². The Morgan fingerprint density at radius 3 is 2.95 bits per heavy atom. The predicted molar refractivity (Wildman–Crippen MR) is 69.1 cm³/mol. The monoisotopic (exact) mass is 266 g/mol. The largest absolute Gasteiger partial charge is 0.507 e. The minimum atomic E-state index is -0.445. The van der Waals surface area contributed by atoms with Crippen LogP contribution in [0, 0.1) is 0 Å². The lowest BCUT2D eigenvalue weighted by molar-refractivity contribution is 0.0571. The van der Waals surface area contributed by atoms with Gasteiger partial charge in [-0.3, -0.25) is 9.59 Å². The van der Waals surface area contributed by atoms with E-state index in [4.69, 9.17) is 5.11 Å². The van der Waals surface area contributed by atoms with E-state index in [-0.39, 0.29) is 29.9 Å². The topological polar surface area (TPSA) is 93.6 Å². The molecule has 0 aliphatic carbocycles. The van der Waals surface area contributed by atoms with Gasteiger partial charge in [-0.2, -0.15) is 0 Å². The van der Waals surface area contributed by atoms with Crippen LogP contribution in [0.3, 0.4) is 0 Å². The van der Waals surface area contributed by atoms with Crippen molar-refractivity contribution >= 4 is 5.91 Å². The highest BCUT2D eigenvalue weighted by Gasteiger charge is 2.28. The van der Waals surface area contributed by atoms with Crippen molar-refractivity contribution in [3.63, 3.8) is 0 Å². The molecule has 0 saturated carbocycles. The van der Waals surface area contributed by atoms with Crippen molar-refractivity contribution in [2.24, 2.45) is 0 Å². The van der Waals surface area contributed by atoms with Crippen molar-refractivity contribution in [1.82, 2.24) is 9.88 Å². The second kappa shape index (κ2) is 5.88. The standard InChI is InChI=1S/C13H18N2O4/c16-6-4-9-3-1-2-5-15(9)13(19)10-8-14-12(18)7-11(10)17/h7-9,16H,1-6H2,(H2,14,17,18). The number of amides is 1. The van der Waals surface area contributed by atoms with Crippen LogP contribution in [0.25, 0.3) is 0 Å². The molecule has 1 saturated heterocycles. The molecular weight excluding hydrogens is 248 g/mol. The molecule has 1 amide bonds. The number of piperidine rings is 1. The minimum absolute atomic E-state index is 0.00224. The third-order valence-electron chi connectivity index (χ3n) is 3.48. The molecule has 1 atom stereocenters. The summed E-state index contributed by atoms with van der Waals surface area (Å²) in [5.41, 5.74) is -0.343. The number of pyridine rings is 1. The van der Waals surface area contributed by atoms with Gasteiger partial charge >= 0.3 is 0 Å². The van der Waals surface area contributed by atoms with Gasteiger partial charge in [0.25, 0.3) is 11.5 Å². The summed E-state index contributed by atoms with van der Waals surface area (Å²) in [6.07, 6.45) is 4.58. The number of aromatic nitrogens is 1. The summed E-state index contributed by atoms with van der Waals surface area (Å²) in [7, 11) is 0. The number of rotatable bonds is 3. The Hall–Kier alpha value is -1.82. The minimum Gasteiger partial charge on any atom is -0.507 e. The van der Waals surface area contributed by atoms with Crippen LogP contribution in [0.15, 0.2) is 17.1 Å². The Balaban J connectivity index is 2.23. The van der Waals surface area contributed by atoms with Gasteiger partial charge in [-0.05, 0) is 25.7 Å². The van der Waals surface area contributed by atoms with Gasteiger partial charge in [0.1, 0.15) is 5.75 Å². The average molecular weight is 266 g/mol. The molecule has 0 spiro atoms. The van der Waals surface area contributed by atoms with Crippen LogP contribution in [0.5, 0.6) is 5.75 Å². The van der Waals surface area contributed by atoms with Gasteiger partial charge in [-0.1, -0.05) is 0 Å². The molecule has 0 bridgehead atoms. The highest BCUT2D eigenvalue weighted by atomic mass is 16.3. The van der Waals surface area contributed by atoms with Gasteiger partial charge in [0.15, 0.2) is 0 Å². The van der Waals surface area contributed by atoms with Crippen LogP contribution in [0.2, 0.25) is 0 Å². The number of aromatic amines is 1. The first-order valence-electron chi connectivity index (χ1n) is 6.47. The van der Waals surface area contributed by atoms with Crippen LogP contribution in [0.1, 0.15) is 36.0 Å². The van der Waals surface area contributed by atoms with E-state index >= 15 is 0 Å². The van der Waals surface area contributed by atoms with E-state index in [0.29, 0.717) is 13.0 Å². The molecule has 0 radical (unpaired) electrons. The zero-order valence-electron chi connectivity index (χ0n) is 10.6. The summed E-state index contributed by atoms with van der Waals surface area (Å²) in [6, 6.07) is 0.996. The molecule has 1 fully saturated rings. The van der Waals surface area contributed by atoms with Gasteiger partial charge in [0.05, 0.1) is 5.56 Å². The number of nitrogens with one attached hydrogen (secondary N) is 1. The molecule has 19 heavy (non-hydrogen) atoms. The van der Waals surface area contributed by atoms with Crippen molar-refractivity contribution in [3.8, 4) is 5.75 Å². The maximum Gasteiger partial charge on any atom is 0.259 e. The zero-order valence-corrected chi connectivity index (χ0v) is 10.6. The summed E-state index contributed by atoms with van der Waals surface area (Å²) in [5.74, 6) is -0.603. The Kier molecular flexibility index (Phi) is 4.21. The molecule has 1 aromatic heterocycles. The zero-order chi connectivity index (χ0) is 13.8. The number of likely N-dealkylation sites (tertiary alicyclic amines) is 1. The summed E-state index contributed by atoms with van der Waals surface area (Å²) >= 11 is 0. The van der Waals surface area contributed by atoms with Crippen LogP contribution in [-0.2, 0) is 0 Å². The van der Waals surface area contributed by atoms with Gasteiger partial charge in [-0.15, -0.1) is 0 Å². The molecule has 1 aromatic rings. The number of carbonyl (C=O) groups is 1. The third kappa shape index (κ3) is 2.96. The third-order valence-corrected chi connectivity index (χ3v) is 3.48. The average Bonchev–Trinajstić information content (AvgIpc) is 2.39. The summed E-state index contributed by atoms with van der Waals surface area (Å²) in [5, 5.41) is 18.7. The summed E-state index contributed by atoms with van der Waals surface area (Å²) in [4.78, 5) is 27.5. The van der Waals surface area contributed by atoms with Gasteiger partial charge < -0.3 is 20.1 Å². The normalized spacial score (nSPS) is 19.4. The number of aliphatic hydroxyl groups excluding tert-OH is 1. The van der Waals surface area contributed by atoms with Crippen LogP contribution in [-0.4, -0.2) is 45.2 Å². The molecule has 1 aliphatic rings. The maximum absolute atomic E-state index is 12.4. The van der Waals surface area contributed by atoms with E-state index in [0.717, 1.165) is 25.3 Å². The fraction of sp³-hybridized carbons (Fsp3) is 0.538. The van der Waals surface area contributed by atoms with E-state index in [2.05, 4.69) is 4.98 Å². The first-order valence-corrected chi connectivity index (χ1v) is 6.47. The lowest BCUT2D eigenvalue weighted by Gasteiger charge is -2.35. The first kappa shape index (κ1) is 13.6. The highest BCUT2D eigenvalue weighted by molar-refractivity contribution is 5.96. The first-order chi connectivity index (χ1) is 9.13. The number of hydrogen-bond acceptors (Lipinski definition) is 4. The molecular formula is C13H18N2O4. The molecule has 1 unspecified atom stereocenters. The number of carbonyl (C=O) groups excluding carboxylic acids is 1. The number of H-pyrrole nitrogens is 1. The van der Waals surface area contributed by atoms with Crippen molar-refractivity contribution in [1.29, 1.82) is 0 Å². The van der Waals surface area contributed by atoms with Crippen molar-refractivity contribution in [3.05, 3.63) is 28.2 Å². The number of aliphatic hydroxyl groups is 1. The maximum atomic E-state index is 12.4. The second-order valence-corrected chi connectivity index (χ2v) is 4.76. The molecule has 3 N–H and O–H groups in total.